The minimum absolute atomic E-state index is 0.0300. The minimum atomic E-state index is -0.670. The molecule has 3 nitrogen and oxygen atoms in total. The molecule has 0 aliphatic heterocycles. The molecule has 0 saturated heterocycles. The van der Waals surface area contributed by atoms with E-state index >= 15 is 0 Å². The molecule has 3 heteroatoms. The van der Waals surface area contributed by atoms with E-state index in [2.05, 4.69) is 4.98 Å². The number of nitrogens with zero attached hydrogens (tertiary/aromatic N) is 1. The topological polar surface area (TPSA) is 53.4 Å². The van der Waals surface area contributed by atoms with Gasteiger partial charge in [0.25, 0.3) is 0 Å². The van der Waals surface area contributed by atoms with Gasteiger partial charge in [0, 0.05) is 18.7 Å². The van der Waals surface area contributed by atoms with Gasteiger partial charge in [0.1, 0.15) is 6.10 Å². The molecule has 0 aromatic carbocycles. The third-order valence-electron chi connectivity index (χ3n) is 1.82. The summed E-state index contributed by atoms with van der Waals surface area (Å²) in [7, 11) is 0. The zero-order valence-electron chi connectivity index (χ0n) is 7.01. The number of aromatic nitrogens is 1. The third kappa shape index (κ3) is 2.03. The second-order valence-corrected chi connectivity index (χ2v) is 2.86. The van der Waals surface area contributed by atoms with Crippen molar-refractivity contribution in [3.05, 3.63) is 30.1 Å². The van der Waals surface area contributed by atoms with Crippen molar-refractivity contribution in [2.45, 2.75) is 13.0 Å². The molecule has 0 radical (unpaired) electrons. The summed E-state index contributed by atoms with van der Waals surface area (Å²) in [6.45, 7) is 1.75. The molecule has 0 aliphatic rings. The predicted octanol–water partition coefficient (Wildman–Crippen LogP) is 0.743. The Morgan fingerprint density at radius 2 is 2.25 bits per heavy atom. The molecule has 1 heterocycles. The Bertz CT molecular complexity index is 225. The third-order valence-corrected chi connectivity index (χ3v) is 1.82. The van der Waals surface area contributed by atoms with Crippen molar-refractivity contribution in [1.82, 2.24) is 4.98 Å². The molecule has 1 rings (SSSR count). The highest BCUT2D eigenvalue weighted by atomic mass is 16.3. The standard InChI is InChI=1S/C9H13NO2/c1-7(6-11)9(12)8-4-2-3-5-10-8/h2-5,7,9,11-12H,6H2,1H3/t7-,9?/m0/s1. The number of aliphatic hydroxyl groups excluding tert-OH is 2. The first-order chi connectivity index (χ1) is 5.75. The first kappa shape index (κ1) is 9.16. The van der Waals surface area contributed by atoms with Crippen LogP contribution in [0.2, 0.25) is 0 Å². The smallest absolute Gasteiger partial charge is 0.101 e. The molecule has 0 saturated carbocycles. The van der Waals surface area contributed by atoms with Crippen LogP contribution in [-0.2, 0) is 0 Å². The Labute approximate surface area is 71.7 Å². The molecule has 1 unspecified atom stereocenters. The molecule has 12 heavy (non-hydrogen) atoms. The summed E-state index contributed by atoms with van der Waals surface area (Å²) in [5, 5.41) is 18.3. The van der Waals surface area contributed by atoms with Crippen LogP contribution in [-0.4, -0.2) is 21.8 Å². The summed E-state index contributed by atoms with van der Waals surface area (Å²) in [6.07, 6.45) is 0.957. The molecule has 0 amide bonds. The van der Waals surface area contributed by atoms with E-state index in [1.54, 1.807) is 25.3 Å². The van der Waals surface area contributed by atoms with E-state index in [0.29, 0.717) is 5.69 Å². The second kappa shape index (κ2) is 4.18. The van der Waals surface area contributed by atoms with Crippen molar-refractivity contribution in [2.24, 2.45) is 5.92 Å². The summed E-state index contributed by atoms with van der Waals surface area (Å²) < 4.78 is 0. The molecule has 1 aromatic rings. The van der Waals surface area contributed by atoms with Crippen molar-refractivity contribution in [3.63, 3.8) is 0 Å². The van der Waals surface area contributed by atoms with E-state index in [9.17, 15) is 5.11 Å². The SMILES string of the molecule is C[C@@H](CO)C(O)c1ccccn1. The number of rotatable bonds is 3. The molecule has 66 valence electrons. The zero-order chi connectivity index (χ0) is 8.97. The maximum atomic E-state index is 9.57. The minimum Gasteiger partial charge on any atom is -0.396 e. The monoisotopic (exact) mass is 167 g/mol. The molecule has 2 N–H and O–H groups in total. The van der Waals surface area contributed by atoms with Gasteiger partial charge >= 0.3 is 0 Å². The van der Waals surface area contributed by atoms with E-state index < -0.39 is 6.10 Å². The quantitative estimate of drug-likeness (QED) is 0.698. The van der Waals surface area contributed by atoms with Gasteiger partial charge < -0.3 is 10.2 Å². The van der Waals surface area contributed by atoms with Crippen molar-refractivity contribution in [1.29, 1.82) is 0 Å². The Hall–Kier alpha value is -0.930. The molecule has 0 fully saturated rings. The van der Waals surface area contributed by atoms with Crippen molar-refractivity contribution < 1.29 is 10.2 Å². The van der Waals surface area contributed by atoms with Gasteiger partial charge in [-0.2, -0.15) is 0 Å². The summed E-state index contributed by atoms with van der Waals surface area (Å²) in [5.74, 6) is -0.167. The molecule has 1 aromatic heterocycles. The van der Waals surface area contributed by atoms with Crippen LogP contribution in [0.4, 0.5) is 0 Å². The van der Waals surface area contributed by atoms with E-state index in [1.807, 2.05) is 6.07 Å². The lowest BCUT2D eigenvalue weighted by Crippen LogP contribution is -2.13. The first-order valence-corrected chi connectivity index (χ1v) is 3.95. The van der Waals surface area contributed by atoms with Gasteiger partial charge in [0.05, 0.1) is 5.69 Å². The predicted molar refractivity (Wildman–Crippen MR) is 45.4 cm³/mol. The Kier molecular flexibility index (Phi) is 3.19. The van der Waals surface area contributed by atoms with E-state index in [0.717, 1.165) is 0 Å². The molecule has 0 spiro atoms. The van der Waals surface area contributed by atoms with Crippen LogP contribution in [0.25, 0.3) is 0 Å². The number of hydrogen-bond donors (Lipinski definition) is 2. The lowest BCUT2D eigenvalue weighted by molar-refractivity contribution is 0.0738. The Morgan fingerprint density at radius 1 is 1.50 bits per heavy atom. The van der Waals surface area contributed by atoms with Crippen molar-refractivity contribution in [3.8, 4) is 0 Å². The number of pyridine rings is 1. The maximum absolute atomic E-state index is 9.57. The van der Waals surface area contributed by atoms with Gasteiger partial charge in [-0.25, -0.2) is 0 Å². The largest absolute Gasteiger partial charge is 0.396 e. The fourth-order valence-corrected chi connectivity index (χ4v) is 0.942. The molecule has 2 atom stereocenters. The van der Waals surface area contributed by atoms with Gasteiger partial charge in [-0.1, -0.05) is 13.0 Å². The van der Waals surface area contributed by atoms with E-state index in [-0.39, 0.29) is 12.5 Å². The molecular weight excluding hydrogens is 154 g/mol. The highest BCUT2D eigenvalue weighted by Crippen LogP contribution is 2.18. The molecular formula is C9H13NO2. The van der Waals surface area contributed by atoms with Crippen LogP contribution in [0.1, 0.15) is 18.7 Å². The van der Waals surface area contributed by atoms with Gasteiger partial charge in [-0.3, -0.25) is 4.98 Å². The fourth-order valence-electron chi connectivity index (χ4n) is 0.942. The summed E-state index contributed by atoms with van der Waals surface area (Å²) in [5.41, 5.74) is 0.610. The summed E-state index contributed by atoms with van der Waals surface area (Å²) in [6, 6.07) is 5.35. The van der Waals surface area contributed by atoms with E-state index in [1.165, 1.54) is 0 Å². The summed E-state index contributed by atoms with van der Waals surface area (Å²) >= 11 is 0. The van der Waals surface area contributed by atoms with Crippen LogP contribution in [0.3, 0.4) is 0 Å². The molecule has 0 aliphatic carbocycles. The zero-order valence-corrected chi connectivity index (χ0v) is 7.01. The number of hydrogen-bond acceptors (Lipinski definition) is 3. The fraction of sp³-hybridized carbons (Fsp3) is 0.444. The van der Waals surface area contributed by atoms with Gasteiger partial charge in [0.2, 0.25) is 0 Å². The molecule has 0 bridgehead atoms. The Balaban J connectivity index is 2.71. The van der Waals surface area contributed by atoms with E-state index in [4.69, 9.17) is 5.11 Å². The van der Waals surface area contributed by atoms with Crippen LogP contribution in [0.5, 0.6) is 0 Å². The van der Waals surface area contributed by atoms with Gasteiger partial charge in [-0.15, -0.1) is 0 Å². The van der Waals surface area contributed by atoms with Crippen molar-refractivity contribution in [2.75, 3.05) is 6.61 Å². The van der Waals surface area contributed by atoms with Crippen LogP contribution < -0.4 is 0 Å². The van der Waals surface area contributed by atoms with Crippen molar-refractivity contribution >= 4 is 0 Å². The number of aliphatic hydroxyl groups is 2. The van der Waals surface area contributed by atoms with Crippen LogP contribution in [0, 0.1) is 5.92 Å². The second-order valence-electron chi connectivity index (χ2n) is 2.86. The lowest BCUT2D eigenvalue weighted by atomic mass is 10.0. The average Bonchev–Trinajstić information content (AvgIpc) is 2.17. The Morgan fingerprint density at radius 3 is 2.75 bits per heavy atom. The highest BCUT2D eigenvalue weighted by Gasteiger charge is 2.15. The maximum Gasteiger partial charge on any atom is 0.101 e. The van der Waals surface area contributed by atoms with Gasteiger partial charge in [-0.05, 0) is 12.1 Å². The highest BCUT2D eigenvalue weighted by molar-refractivity contribution is 5.07. The normalized spacial score (nSPS) is 15.6. The lowest BCUT2D eigenvalue weighted by Gasteiger charge is -2.15. The van der Waals surface area contributed by atoms with Gasteiger partial charge in [0.15, 0.2) is 0 Å². The average molecular weight is 167 g/mol. The summed E-state index contributed by atoms with van der Waals surface area (Å²) in [4.78, 5) is 3.99. The first-order valence-electron chi connectivity index (χ1n) is 3.95. The van der Waals surface area contributed by atoms with Crippen LogP contribution in [0.15, 0.2) is 24.4 Å². The van der Waals surface area contributed by atoms with Crippen LogP contribution >= 0.6 is 0 Å².